The van der Waals surface area contributed by atoms with Crippen LogP contribution in [0.4, 0.5) is 0 Å². The molecule has 1 fully saturated rings. The van der Waals surface area contributed by atoms with E-state index in [4.69, 9.17) is 4.98 Å². The van der Waals surface area contributed by atoms with Gasteiger partial charge in [-0.15, -0.1) is 0 Å². The van der Waals surface area contributed by atoms with Gasteiger partial charge in [-0.3, -0.25) is 9.88 Å². The van der Waals surface area contributed by atoms with Crippen molar-refractivity contribution in [1.82, 2.24) is 9.88 Å². The predicted octanol–water partition coefficient (Wildman–Crippen LogP) is 3.77. The summed E-state index contributed by atoms with van der Waals surface area (Å²) in [6.07, 6.45) is 2.54. The van der Waals surface area contributed by atoms with Gasteiger partial charge in [-0.05, 0) is 44.0 Å². The van der Waals surface area contributed by atoms with Gasteiger partial charge in [0, 0.05) is 30.4 Å². The number of hydrogen-bond acceptors (Lipinski definition) is 2. The van der Waals surface area contributed by atoms with Crippen molar-refractivity contribution in [2.24, 2.45) is 0 Å². The third-order valence-electron chi connectivity index (χ3n) is 4.08. The monoisotopic (exact) mass is 266 g/mol. The molecule has 0 aliphatic carbocycles. The van der Waals surface area contributed by atoms with Crippen molar-refractivity contribution < 1.29 is 0 Å². The Kier molecular flexibility index (Phi) is 4.12. The van der Waals surface area contributed by atoms with Gasteiger partial charge in [-0.2, -0.15) is 0 Å². The van der Waals surface area contributed by atoms with E-state index in [2.05, 4.69) is 60.4 Å². The van der Waals surface area contributed by atoms with E-state index in [9.17, 15) is 0 Å². The minimum atomic E-state index is 0.590. The van der Waals surface area contributed by atoms with Crippen LogP contribution in [0.3, 0.4) is 0 Å². The van der Waals surface area contributed by atoms with Gasteiger partial charge in [-0.1, -0.05) is 36.4 Å². The Morgan fingerprint density at radius 1 is 1.10 bits per heavy atom. The number of pyridine rings is 1. The molecule has 1 aromatic heterocycles. The molecule has 1 saturated heterocycles. The molecule has 1 atom stereocenters. The van der Waals surface area contributed by atoms with Gasteiger partial charge in [-0.25, -0.2) is 0 Å². The highest BCUT2D eigenvalue weighted by molar-refractivity contribution is 5.17. The van der Waals surface area contributed by atoms with E-state index in [0.717, 1.165) is 18.8 Å². The van der Waals surface area contributed by atoms with E-state index in [-0.39, 0.29) is 0 Å². The fourth-order valence-corrected chi connectivity index (χ4v) is 3.07. The number of aromatic nitrogens is 1. The van der Waals surface area contributed by atoms with Crippen molar-refractivity contribution in [3.8, 4) is 0 Å². The number of nitrogens with zero attached hydrogens (tertiary/aromatic N) is 2. The van der Waals surface area contributed by atoms with Crippen LogP contribution in [0.2, 0.25) is 0 Å². The molecular formula is C18H22N2. The first-order chi connectivity index (χ1) is 9.81. The number of aryl methyl sites for hydroxylation is 1. The summed E-state index contributed by atoms with van der Waals surface area (Å²) in [4.78, 5) is 7.27. The summed E-state index contributed by atoms with van der Waals surface area (Å²) in [7, 11) is 0. The zero-order valence-corrected chi connectivity index (χ0v) is 12.1. The lowest BCUT2D eigenvalue weighted by Gasteiger charge is -2.32. The Morgan fingerprint density at radius 3 is 2.75 bits per heavy atom. The molecule has 1 aromatic carbocycles. The highest BCUT2D eigenvalue weighted by atomic mass is 15.1. The maximum Gasteiger partial charge on any atom is 0.0450 e. The average molecular weight is 266 g/mol. The van der Waals surface area contributed by atoms with Crippen molar-refractivity contribution in [1.29, 1.82) is 0 Å². The van der Waals surface area contributed by atoms with E-state index < -0.39 is 0 Å². The van der Waals surface area contributed by atoms with E-state index in [1.165, 1.54) is 30.6 Å². The molecule has 1 aliphatic heterocycles. The minimum absolute atomic E-state index is 0.590. The summed E-state index contributed by atoms with van der Waals surface area (Å²) in [5.41, 5.74) is 3.80. The summed E-state index contributed by atoms with van der Waals surface area (Å²) in [6, 6.07) is 17.2. The van der Waals surface area contributed by atoms with Crippen LogP contribution in [-0.4, -0.2) is 23.0 Å². The minimum Gasteiger partial charge on any atom is -0.298 e. The van der Waals surface area contributed by atoms with E-state index in [0.29, 0.717) is 5.92 Å². The molecule has 1 aliphatic rings. The van der Waals surface area contributed by atoms with Gasteiger partial charge in [0.05, 0.1) is 0 Å². The van der Waals surface area contributed by atoms with Crippen molar-refractivity contribution in [2.45, 2.75) is 32.2 Å². The lowest BCUT2D eigenvalue weighted by atomic mass is 9.94. The molecule has 2 heterocycles. The van der Waals surface area contributed by atoms with Crippen LogP contribution in [0.5, 0.6) is 0 Å². The smallest absolute Gasteiger partial charge is 0.0450 e. The van der Waals surface area contributed by atoms with Gasteiger partial charge in [0.1, 0.15) is 0 Å². The predicted molar refractivity (Wildman–Crippen MR) is 82.7 cm³/mol. The van der Waals surface area contributed by atoms with Crippen molar-refractivity contribution in [2.75, 3.05) is 13.1 Å². The van der Waals surface area contributed by atoms with Crippen LogP contribution in [-0.2, 0) is 6.54 Å². The zero-order valence-electron chi connectivity index (χ0n) is 12.1. The van der Waals surface area contributed by atoms with Gasteiger partial charge in [0.2, 0.25) is 0 Å². The second kappa shape index (κ2) is 6.19. The normalized spacial score (nSPS) is 19.9. The summed E-state index contributed by atoms with van der Waals surface area (Å²) in [5.74, 6) is 0.590. The van der Waals surface area contributed by atoms with Crippen molar-refractivity contribution in [3.63, 3.8) is 0 Å². The molecule has 20 heavy (non-hydrogen) atoms. The van der Waals surface area contributed by atoms with Crippen LogP contribution in [0.25, 0.3) is 0 Å². The molecule has 0 amide bonds. The van der Waals surface area contributed by atoms with Crippen LogP contribution < -0.4 is 0 Å². The molecule has 0 N–H and O–H groups in total. The molecule has 0 spiro atoms. The van der Waals surface area contributed by atoms with Gasteiger partial charge in [0.15, 0.2) is 0 Å². The fraction of sp³-hybridized carbons (Fsp3) is 0.389. The summed E-state index contributed by atoms with van der Waals surface area (Å²) in [5, 5.41) is 0. The first-order valence-corrected chi connectivity index (χ1v) is 7.51. The zero-order chi connectivity index (χ0) is 13.8. The molecule has 0 bridgehead atoms. The lowest BCUT2D eigenvalue weighted by Crippen LogP contribution is -2.34. The molecule has 2 aromatic rings. The number of piperidine rings is 1. The molecule has 2 nitrogen and oxygen atoms in total. The van der Waals surface area contributed by atoms with E-state index >= 15 is 0 Å². The van der Waals surface area contributed by atoms with Gasteiger partial charge < -0.3 is 0 Å². The van der Waals surface area contributed by atoms with Crippen molar-refractivity contribution in [3.05, 3.63) is 65.5 Å². The second-order valence-electron chi connectivity index (χ2n) is 5.76. The molecular weight excluding hydrogens is 244 g/mol. The standard InChI is InChI=1S/C18H22N2/c1-15-7-5-11-18(19-15)17-10-6-12-20(14-17)13-16-8-3-2-4-9-16/h2-5,7-9,11,17H,6,10,12-14H2,1H3. The quantitative estimate of drug-likeness (QED) is 0.840. The Morgan fingerprint density at radius 2 is 1.95 bits per heavy atom. The largest absolute Gasteiger partial charge is 0.298 e. The van der Waals surface area contributed by atoms with Gasteiger partial charge >= 0.3 is 0 Å². The van der Waals surface area contributed by atoms with Crippen molar-refractivity contribution >= 4 is 0 Å². The number of rotatable bonds is 3. The SMILES string of the molecule is Cc1cccc(C2CCCN(Cc3ccccc3)C2)n1. The second-order valence-corrected chi connectivity index (χ2v) is 5.76. The molecule has 0 saturated carbocycles. The molecule has 1 unspecified atom stereocenters. The summed E-state index contributed by atoms with van der Waals surface area (Å²) >= 11 is 0. The Bertz CT molecular complexity index is 550. The summed E-state index contributed by atoms with van der Waals surface area (Å²) < 4.78 is 0. The molecule has 2 heteroatoms. The van der Waals surface area contributed by atoms with Gasteiger partial charge in [0.25, 0.3) is 0 Å². The Labute approximate surface area is 121 Å². The highest BCUT2D eigenvalue weighted by Crippen LogP contribution is 2.26. The maximum absolute atomic E-state index is 4.71. The van der Waals surface area contributed by atoms with Crippen LogP contribution >= 0.6 is 0 Å². The fourth-order valence-electron chi connectivity index (χ4n) is 3.07. The Hall–Kier alpha value is -1.67. The maximum atomic E-state index is 4.71. The molecule has 0 radical (unpaired) electrons. The topological polar surface area (TPSA) is 16.1 Å². The highest BCUT2D eigenvalue weighted by Gasteiger charge is 2.22. The van der Waals surface area contributed by atoms with Crippen LogP contribution in [0.15, 0.2) is 48.5 Å². The van der Waals surface area contributed by atoms with Crippen LogP contribution in [0.1, 0.15) is 35.7 Å². The summed E-state index contributed by atoms with van der Waals surface area (Å²) in [6.45, 7) is 5.47. The molecule has 104 valence electrons. The van der Waals surface area contributed by atoms with Crippen LogP contribution in [0, 0.1) is 6.92 Å². The Balaban J connectivity index is 1.67. The van der Waals surface area contributed by atoms with E-state index in [1.54, 1.807) is 0 Å². The first kappa shape index (κ1) is 13.3. The number of benzene rings is 1. The first-order valence-electron chi connectivity index (χ1n) is 7.51. The lowest BCUT2D eigenvalue weighted by molar-refractivity contribution is 0.198. The number of hydrogen-bond donors (Lipinski definition) is 0. The average Bonchev–Trinajstić information content (AvgIpc) is 2.49. The number of likely N-dealkylation sites (tertiary alicyclic amines) is 1. The third-order valence-corrected chi connectivity index (χ3v) is 4.08. The molecule has 3 rings (SSSR count). The third kappa shape index (κ3) is 3.26. The van der Waals surface area contributed by atoms with E-state index in [1.807, 2.05) is 0 Å².